The van der Waals surface area contributed by atoms with Crippen molar-refractivity contribution in [2.24, 2.45) is 5.92 Å². The number of piperidine rings is 1. The van der Waals surface area contributed by atoms with Gasteiger partial charge in [0.25, 0.3) is 0 Å². The van der Waals surface area contributed by atoms with E-state index in [0.717, 1.165) is 18.4 Å². The molecule has 0 aromatic heterocycles. The molecule has 1 amide bonds. The molecule has 96 valence electrons. The molecule has 2 atom stereocenters. The molecule has 1 heterocycles. The number of carbonyl (C=O) groups excluding carboxylic acids is 1. The van der Waals surface area contributed by atoms with Crippen LogP contribution in [0.4, 0.5) is 0 Å². The van der Waals surface area contributed by atoms with Crippen molar-refractivity contribution in [2.45, 2.75) is 31.3 Å². The van der Waals surface area contributed by atoms with Crippen LogP contribution in [0.5, 0.6) is 0 Å². The fourth-order valence-electron chi connectivity index (χ4n) is 2.76. The summed E-state index contributed by atoms with van der Waals surface area (Å²) in [7, 11) is 0. The SMILES string of the molecule is O=C(C1CC1)N1CC[C@H](O)[C@H](c2ccccc2)C1. The summed E-state index contributed by atoms with van der Waals surface area (Å²) in [6.07, 6.45) is 2.47. The molecule has 1 aromatic carbocycles. The van der Waals surface area contributed by atoms with Crippen molar-refractivity contribution < 1.29 is 9.90 Å². The van der Waals surface area contributed by atoms with Crippen LogP contribution in [0.3, 0.4) is 0 Å². The zero-order valence-corrected chi connectivity index (χ0v) is 10.5. The number of aliphatic hydroxyl groups is 1. The predicted molar refractivity (Wildman–Crippen MR) is 69.1 cm³/mol. The predicted octanol–water partition coefficient (Wildman–Crippen LogP) is 1.77. The molecule has 18 heavy (non-hydrogen) atoms. The molecule has 0 spiro atoms. The highest BCUT2D eigenvalue weighted by molar-refractivity contribution is 5.81. The molecule has 2 fully saturated rings. The second-order valence-corrected chi connectivity index (χ2v) is 5.43. The van der Waals surface area contributed by atoms with Gasteiger partial charge in [0.15, 0.2) is 0 Å². The Balaban J connectivity index is 1.74. The first-order valence-corrected chi connectivity index (χ1v) is 6.77. The lowest BCUT2D eigenvalue weighted by Gasteiger charge is -2.36. The second-order valence-electron chi connectivity index (χ2n) is 5.43. The van der Waals surface area contributed by atoms with E-state index in [-0.39, 0.29) is 17.9 Å². The minimum Gasteiger partial charge on any atom is -0.392 e. The second kappa shape index (κ2) is 4.73. The van der Waals surface area contributed by atoms with Gasteiger partial charge in [-0.15, -0.1) is 0 Å². The third kappa shape index (κ3) is 2.27. The maximum Gasteiger partial charge on any atom is 0.225 e. The van der Waals surface area contributed by atoms with E-state index in [2.05, 4.69) is 0 Å². The quantitative estimate of drug-likeness (QED) is 0.862. The van der Waals surface area contributed by atoms with Crippen molar-refractivity contribution in [1.29, 1.82) is 0 Å². The third-order valence-corrected chi connectivity index (χ3v) is 4.04. The highest BCUT2D eigenvalue weighted by Crippen LogP contribution is 2.34. The van der Waals surface area contributed by atoms with Gasteiger partial charge in [0.2, 0.25) is 5.91 Å². The summed E-state index contributed by atoms with van der Waals surface area (Å²) >= 11 is 0. The highest BCUT2D eigenvalue weighted by Gasteiger charge is 2.37. The zero-order valence-electron chi connectivity index (χ0n) is 10.5. The summed E-state index contributed by atoms with van der Waals surface area (Å²) in [5.74, 6) is 0.641. The fraction of sp³-hybridized carbons (Fsp3) is 0.533. The molecule has 3 nitrogen and oxygen atoms in total. The molecular formula is C15H19NO2. The average Bonchev–Trinajstić information content (AvgIpc) is 3.24. The van der Waals surface area contributed by atoms with Gasteiger partial charge in [-0.2, -0.15) is 0 Å². The van der Waals surface area contributed by atoms with Crippen molar-refractivity contribution in [3.8, 4) is 0 Å². The van der Waals surface area contributed by atoms with Crippen LogP contribution >= 0.6 is 0 Å². The number of amides is 1. The molecule has 3 heteroatoms. The number of benzene rings is 1. The van der Waals surface area contributed by atoms with E-state index >= 15 is 0 Å². The third-order valence-electron chi connectivity index (χ3n) is 4.04. The number of likely N-dealkylation sites (tertiary alicyclic amines) is 1. The van der Waals surface area contributed by atoms with E-state index < -0.39 is 0 Å². The lowest BCUT2D eigenvalue weighted by Crippen LogP contribution is -2.45. The van der Waals surface area contributed by atoms with E-state index in [1.54, 1.807) is 0 Å². The first-order chi connectivity index (χ1) is 8.75. The number of hydrogen-bond acceptors (Lipinski definition) is 2. The van der Waals surface area contributed by atoms with Gasteiger partial charge >= 0.3 is 0 Å². The number of carbonyl (C=O) groups is 1. The Morgan fingerprint density at radius 3 is 2.56 bits per heavy atom. The topological polar surface area (TPSA) is 40.5 Å². The Labute approximate surface area is 107 Å². The molecule has 1 aliphatic heterocycles. The summed E-state index contributed by atoms with van der Waals surface area (Å²) in [4.78, 5) is 14.0. The average molecular weight is 245 g/mol. The molecule has 0 bridgehead atoms. The first-order valence-electron chi connectivity index (χ1n) is 6.77. The molecule has 0 radical (unpaired) electrons. The van der Waals surface area contributed by atoms with Crippen LogP contribution in [-0.4, -0.2) is 35.1 Å². The molecule has 0 unspecified atom stereocenters. The van der Waals surface area contributed by atoms with Crippen molar-refractivity contribution in [2.75, 3.05) is 13.1 Å². The number of aliphatic hydroxyl groups excluding tert-OH is 1. The van der Waals surface area contributed by atoms with E-state index in [4.69, 9.17) is 0 Å². The van der Waals surface area contributed by atoms with Gasteiger partial charge in [-0.1, -0.05) is 30.3 Å². The van der Waals surface area contributed by atoms with Crippen LogP contribution in [0.1, 0.15) is 30.7 Å². The van der Waals surface area contributed by atoms with Crippen LogP contribution in [-0.2, 0) is 4.79 Å². The lowest BCUT2D eigenvalue weighted by atomic mass is 9.88. The Hall–Kier alpha value is -1.35. The smallest absolute Gasteiger partial charge is 0.225 e. The largest absolute Gasteiger partial charge is 0.392 e. The van der Waals surface area contributed by atoms with Crippen molar-refractivity contribution in [3.05, 3.63) is 35.9 Å². The Morgan fingerprint density at radius 2 is 1.89 bits per heavy atom. The molecule has 1 aromatic rings. The minimum atomic E-state index is -0.323. The van der Waals surface area contributed by atoms with Gasteiger partial charge in [0.05, 0.1) is 6.10 Å². The van der Waals surface area contributed by atoms with Crippen LogP contribution in [0.25, 0.3) is 0 Å². The van der Waals surface area contributed by atoms with Crippen molar-refractivity contribution in [3.63, 3.8) is 0 Å². The Bertz CT molecular complexity index is 427. The molecule has 1 N–H and O–H groups in total. The lowest BCUT2D eigenvalue weighted by molar-refractivity contribution is -0.135. The molecule has 3 rings (SSSR count). The first kappa shape index (κ1) is 11.7. The maximum absolute atomic E-state index is 12.1. The van der Waals surface area contributed by atoms with Crippen molar-refractivity contribution >= 4 is 5.91 Å². The number of rotatable bonds is 2. The van der Waals surface area contributed by atoms with Gasteiger partial charge in [-0.05, 0) is 24.8 Å². The standard InChI is InChI=1S/C15H19NO2/c17-14-8-9-16(15(18)12-6-7-12)10-13(14)11-4-2-1-3-5-11/h1-5,12-14,17H,6-10H2/t13-,14-/m0/s1. The number of hydrogen-bond donors (Lipinski definition) is 1. The summed E-state index contributed by atoms with van der Waals surface area (Å²) in [6, 6.07) is 10.0. The van der Waals surface area contributed by atoms with Gasteiger partial charge in [-0.25, -0.2) is 0 Å². The monoisotopic (exact) mass is 245 g/mol. The van der Waals surface area contributed by atoms with E-state index in [1.807, 2.05) is 35.2 Å². The summed E-state index contributed by atoms with van der Waals surface area (Å²) in [6.45, 7) is 1.38. The minimum absolute atomic E-state index is 0.0719. The van der Waals surface area contributed by atoms with Crippen LogP contribution in [0, 0.1) is 5.92 Å². The summed E-state index contributed by atoms with van der Waals surface area (Å²) < 4.78 is 0. The van der Waals surface area contributed by atoms with Gasteiger partial charge in [0.1, 0.15) is 0 Å². The molecule has 2 aliphatic rings. The van der Waals surface area contributed by atoms with Gasteiger partial charge < -0.3 is 10.0 Å². The maximum atomic E-state index is 12.1. The van der Waals surface area contributed by atoms with Crippen LogP contribution in [0.15, 0.2) is 30.3 Å². The van der Waals surface area contributed by atoms with E-state index in [1.165, 1.54) is 0 Å². The van der Waals surface area contributed by atoms with Crippen LogP contribution in [0.2, 0.25) is 0 Å². The van der Waals surface area contributed by atoms with Gasteiger partial charge in [-0.3, -0.25) is 4.79 Å². The van der Waals surface area contributed by atoms with Crippen molar-refractivity contribution in [1.82, 2.24) is 4.90 Å². The number of nitrogens with zero attached hydrogens (tertiary/aromatic N) is 1. The fourth-order valence-corrected chi connectivity index (χ4v) is 2.76. The normalized spacial score (nSPS) is 28.2. The molecular weight excluding hydrogens is 226 g/mol. The van der Waals surface area contributed by atoms with E-state index in [0.29, 0.717) is 25.4 Å². The zero-order chi connectivity index (χ0) is 12.5. The summed E-state index contributed by atoms with van der Waals surface area (Å²) in [5.41, 5.74) is 1.14. The molecule has 1 saturated heterocycles. The Morgan fingerprint density at radius 1 is 1.17 bits per heavy atom. The molecule has 1 aliphatic carbocycles. The molecule has 1 saturated carbocycles. The highest BCUT2D eigenvalue weighted by atomic mass is 16.3. The summed E-state index contributed by atoms with van der Waals surface area (Å²) in [5, 5.41) is 10.1. The van der Waals surface area contributed by atoms with E-state index in [9.17, 15) is 9.90 Å². The van der Waals surface area contributed by atoms with Crippen LogP contribution < -0.4 is 0 Å². The Kier molecular flexibility index (Phi) is 3.08. The van der Waals surface area contributed by atoms with Gasteiger partial charge in [0, 0.05) is 24.9 Å².